The van der Waals surface area contributed by atoms with Crippen LogP contribution < -0.4 is 10.6 Å². The van der Waals surface area contributed by atoms with Gasteiger partial charge in [-0.2, -0.15) is 36.5 Å². The van der Waals surface area contributed by atoms with E-state index in [1.165, 1.54) is 9.36 Å². The largest absolute Gasteiger partial charge is 0.435 e. The summed E-state index contributed by atoms with van der Waals surface area (Å²) in [5.41, 5.74) is 2.99. The Balaban J connectivity index is 0.000000189. The maximum Gasteiger partial charge on any atom is 0.435 e. The molecular formula is C40H35ClF6N8O2. The van der Waals surface area contributed by atoms with Crippen molar-refractivity contribution in [3.05, 3.63) is 144 Å². The molecule has 2 saturated carbocycles. The fourth-order valence-electron chi connectivity index (χ4n) is 5.96. The fraction of sp³-hybridized carbons (Fsp3) is 0.250. The average Bonchev–Trinajstić information content (AvgIpc) is 4.10. The molecule has 4 aromatic heterocycles. The highest BCUT2D eigenvalue weighted by molar-refractivity contribution is 5.92. The van der Waals surface area contributed by atoms with Crippen molar-refractivity contribution in [2.24, 2.45) is 0 Å². The molecule has 4 heterocycles. The van der Waals surface area contributed by atoms with Gasteiger partial charge < -0.3 is 10.6 Å². The molecule has 2 N–H and O–H groups in total. The zero-order valence-electron chi connectivity index (χ0n) is 30.0. The molecule has 0 unspecified atom stereocenters. The third kappa shape index (κ3) is 10.6. The molecule has 2 aromatic carbocycles. The Kier molecular flexibility index (Phi) is 12.1. The molecule has 0 radical (unpaired) electrons. The molecule has 0 spiro atoms. The van der Waals surface area contributed by atoms with Crippen molar-refractivity contribution in [1.82, 2.24) is 29.5 Å². The van der Waals surface area contributed by atoms with E-state index in [1.807, 2.05) is 6.07 Å². The number of halogens is 7. The number of carbonyl (C=O) groups excluding carboxylic acids is 2. The van der Waals surface area contributed by atoms with Gasteiger partial charge in [0.1, 0.15) is 0 Å². The SMILES string of the molecule is Cl.O=C(Cc1ccccn1)Nc1ccc(-n2nc(C(F)(F)F)cc2C2CC2)cc1.O=C(Cc1cccnc1)Nc1ccc(-n2nc(C(F)(F)F)cc2C2CC2)cc1. The van der Waals surface area contributed by atoms with Crippen LogP contribution in [0.15, 0.2) is 110 Å². The summed E-state index contributed by atoms with van der Waals surface area (Å²) < 4.78 is 80.9. The maximum atomic E-state index is 13.0. The number of amides is 2. The van der Waals surface area contributed by atoms with Crippen LogP contribution in [-0.2, 0) is 34.8 Å². The zero-order valence-corrected chi connectivity index (χ0v) is 30.8. The van der Waals surface area contributed by atoms with Crippen LogP contribution in [0.2, 0.25) is 0 Å². The highest BCUT2D eigenvalue weighted by atomic mass is 35.5. The summed E-state index contributed by atoms with van der Waals surface area (Å²) >= 11 is 0. The van der Waals surface area contributed by atoms with Gasteiger partial charge in [0.15, 0.2) is 11.4 Å². The molecule has 6 aromatic rings. The summed E-state index contributed by atoms with van der Waals surface area (Å²) in [5, 5.41) is 13.0. The Morgan fingerprint density at radius 1 is 0.632 bits per heavy atom. The van der Waals surface area contributed by atoms with Crippen LogP contribution in [0.5, 0.6) is 0 Å². The molecule has 2 aliphatic rings. The Hall–Kier alpha value is -6.03. The Morgan fingerprint density at radius 2 is 1.12 bits per heavy atom. The second-order valence-corrected chi connectivity index (χ2v) is 13.5. The first-order valence-corrected chi connectivity index (χ1v) is 17.7. The summed E-state index contributed by atoms with van der Waals surface area (Å²) in [4.78, 5) is 32.3. The van der Waals surface area contributed by atoms with Gasteiger partial charge in [0.2, 0.25) is 11.8 Å². The van der Waals surface area contributed by atoms with E-state index in [-0.39, 0.29) is 48.9 Å². The lowest BCUT2D eigenvalue weighted by Gasteiger charge is -2.09. The standard InChI is InChI=1S/2C20H17F3N4O.ClH/c21-20(22,23)18-11-17(14-3-4-14)27(26-18)16-7-5-15(6-8-16)25-19(28)10-13-2-1-9-24-12-13;21-20(22,23)18-12-17(13-4-5-13)27(26-18)16-8-6-14(7-9-16)25-19(28)11-15-3-1-2-10-24-15;/h1-2,5-9,11-12,14H,3-4,10H2,(H,25,28);1-3,6-10,12-13H,4-5,11H2,(H,25,28);1H. The molecule has 0 aliphatic heterocycles. The molecule has 2 amide bonds. The van der Waals surface area contributed by atoms with E-state index in [0.29, 0.717) is 39.8 Å². The van der Waals surface area contributed by atoms with Crippen LogP contribution in [0, 0.1) is 0 Å². The van der Waals surface area contributed by atoms with Gasteiger partial charge >= 0.3 is 12.4 Å². The predicted octanol–water partition coefficient (Wildman–Crippen LogP) is 9.11. The second-order valence-electron chi connectivity index (χ2n) is 13.5. The number of pyridine rings is 2. The molecule has 17 heteroatoms. The minimum absolute atomic E-state index is 0. The molecule has 8 rings (SSSR count). The van der Waals surface area contributed by atoms with Gasteiger partial charge in [0, 0.05) is 58.9 Å². The number of alkyl halides is 6. The lowest BCUT2D eigenvalue weighted by molar-refractivity contribution is -0.142. The lowest BCUT2D eigenvalue weighted by Crippen LogP contribution is -2.15. The van der Waals surface area contributed by atoms with Crippen molar-refractivity contribution in [3.8, 4) is 11.4 Å². The third-order valence-corrected chi connectivity index (χ3v) is 8.99. The van der Waals surface area contributed by atoms with E-state index in [0.717, 1.165) is 43.4 Å². The van der Waals surface area contributed by atoms with Gasteiger partial charge in [-0.1, -0.05) is 12.1 Å². The number of hydrogen-bond donors (Lipinski definition) is 2. The minimum Gasteiger partial charge on any atom is -0.326 e. The highest BCUT2D eigenvalue weighted by Crippen LogP contribution is 2.44. The van der Waals surface area contributed by atoms with Crippen molar-refractivity contribution in [2.45, 2.75) is 62.7 Å². The van der Waals surface area contributed by atoms with E-state index in [1.54, 1.807) is 91.4 Å². The Bertz CT molecular complexity index is 2120. The van der Waals surface area contributed by atoms with Crippen LogP contribution in [0.3, 0.4) is 0 Å². The first-order valence-electron chi connectivity index (χ1n) is 17.7. The van der Waals surface area contributed by atoms with E-state index < -0.39 is 23.7 Å². The summed E-state index contributed by atoms with van der Waals surface area (Å²) in [6, 6.07) is 24.4. The lowest BCUT2D eigenvalue weighted by atomic mass is 10.2. The van der Waals surface area contributed by atoms with Gasteiger partial charge in [-0.15, -0.1) is 12.4 Å². The van der Waals surface area contributed by atoms with Crippen LogP contribution in [0.25, 0.3) is 11.4 Å². The Labute approximate surface area is 328 Å². The number of anilines is 2. The van der Waals surface area contributed by atoms with Crippen LogP contribution in [-0.4, -0.2) is 41.3 Å². The predicted molar refractivity (Wildman–Crippen MR) is 201 cm³/mol. The number of nitrogens with one attached hydrogen (secondary N) is 2. The number of rotatable bonds is 10. The summed E-state index contributed by atoms with van der Waals surface area (Å²) in [7, 11) is 0. The number of hydrogen-bond acceptors (Lipinski definition) is 6. The van der Waals surface area contributed by atoms with Crippen molar-refractivity contribution >= 4 is 35.6 Å². The average molecular weight is 809 g/mol. The number of nitrogens with zero attached hydrogens (tertiary/aromatic N) is 6. The van der Waals surface area contributed by atoms with Crippen molar-refractivity contribution in [1.29, 1.82) is 0 Å². The monoisotopic (exact) mass is 808 g/mol. The number of benzene rings is 2. The topological polar surface area (TPSA) is 120 Å². The minimum atomic E-state index is -4.48. The van der Waals surface area contributed by atoms with Gasteiger partial charge in [-0.3, -0.25) is 19.6 Å². The van der Waals surface area contributed by atoms with Gasteiger partial charge in [0.25, 0.3) is 0 Å². The van der Waals surface area contributed by atoms with Gasteiger partial charge in [0.05, 0.1) is 24.2 Å². The van der Waals surface area contributed by atoms with Crippen molar-refractivity contribution in [3.63, 3.8) is 0 Å². The first kappa shape index (κ1) is 40.6. The van der Waals surface area contributed by atoms with E-state index in [4.69, 9.17) is 0 Å². The molecule has 2 fully saturated rings. The Morgan fingerprint density at radius 3 is 1.53 bits per heavy atom. The number of aromatic nitrogens is 6. The van der Waals surface area contributed by atoms with Crippen molar-refractivity contribution in [2.75, 3.05) is 10.6 Å². The quantitative estimate of drug-likeness (QED) is 0.133. The summed E-state index contributed by atoms with van der Waals surface area (Å²) in [5.74, 6) is -0.190. The molecule has 0 atom stereocenters. The third-order valence-electron chi connectivity index (χ3n) is 8.99. The van der Waals surface area contributed by atoms with Gasteiger partial charge in [-0.25, -0.2) is 9.36 Å². The molecule has 0 saturated heterocycles. The molecule has 57 heavy (non-hydrogen) atoms. The molecular weight excluding hydrogens is 774 g/mol. The smallest absolute Gasteiger partial charge is 0.326 e. The molecule has 2 aliphatic carbocycles. The first-order chi connectivity index (χ1) is 26.8. The maximum absolute atomic E-state index is 13.0. The molecule has 10 nitrogen and oxygen atoms in total. The number of carbonyl (C=O) groups is 2. The van der Waals surface area contributed by atoms with Crippen LogP contribution >= 0.6 is 12.4 Å². The van der Waals surface area contributed by atoms with Crippen LogP contribution in [0.1, 0.15) is 71.6 Å². The fourth-order valence-corrected chi connectivity index (χ4v) is 5.96. The normalized spacial score (nSPS) is 13.9. The van der Waals surface area contributed by atoms with E-state index in [2.05, 4.69) is 30.8 Å². The summed E-state index contributed by atoms with van der Waals surface area (Å²) in [6.07, 6.45) is -0.282. The molecule has 296 valence electrons. The van der Waals surface area contributed by atoms with Crippen LogP contribution in [0.4, 0.5) is 37.7 Å². The highest BCUT2D eigenvalue weighted by Gasteiger charge is 2.39. The van der Waals surface area contributed by atoms with Gasteiger partial charge in [-0.05, 0) is 110 Å². The second kappa shape index (κ2) is 17.0. The van der Waals surface area contributed by atoms with E-state index in [9.17, 15) is 35.9 Å². The zero-order chi connectivity index (χ0) is 39.5. The van der Waals surface area contributed by atoms with Crippen molar-refractivity contribution < 1.29 is 35.9 Å². The van der Waals surface area contributed by atoms with E-state index >= 15 is 0 Å². The molecule has 0 bridgehead atoms. The summed E-state index contributed by atoms with van der Waals surface area (Å²) in [6.45, 7) is 0.